The predicted octanol–water partition coefficient (Wildman–Crippen LogP) is 1.25. The number of nitrogens with two attached hydrogens (primary N) is 1. The molecule has 2 atom stereocenters. The first-order valence-electron chi connectivity index (χ1n) is 5.65. The van der Waals surface area contributed by atoms with E-state index in [0.29, 0.717) is 18.7 Å². The molecular weight excluding hydrogens is 255 g/mol. The average Bonchev–Trinajstić information content (AvgIpc) is 2.32. The highest BCUT2D eigenvalue weighted by molar-refractivity contribution is 7.86. The number of benzene rings is 1. The third-order valence-electron chi connectivity index (χ3n) is 2.42. The monoisotopic (exact) mass is 272 g/mol. The van der Waals surface area contributed by atoms with Crippen LogP contribution in [0.15, 0.2) is 24.3 Å². The van der Waals surface area contributed by atoms with Crippen LogP contribution in [0.1, 0.15) is 13.3 Å². The van der Waals surface area contributed by atoms with Gasteiger partial charge in [0.05, 0.1) is 0 Å². The molecular formula is C12H17FN2O2S. The van der Waals surface area contributed by atoms with Gasteiger partial charge in [0.2, 0.25) is 5.91 Å². The van der Waals surface area contributed by atoms with Crippen LogP contribution in [0.2, 0.25) is 0 Å². The predicted molar refractivity (Wildman–Crippen MR) is 71.2 cm³/mol. The maximum atomic E-state index is 12.7. The molecule has 100 valence electrons. The minimum absolute atomic E-state index is 0.0709. The van der Waals surface area contributed by atoms with E-state index in [1.165, 1.54) is 24.3 Å². The number of hydrogen-bond donors (Lipinski definition) is 2. The van der Waals surface area contributed by atoms with Gasteiger partial charge in [-0.05, 0) is 37.2 Å². The van der Waals surface area contributed by atoms with Crippen LogP contribution in [0.5, 0.6) is 0 Å². The number of halogens is 1. The number of hydrogen-bond acceptors (Lipinski definition) is 3. The normalized spacial score (nSPS) is 13.9. The molecule has 0 aliphatic rings. The van der Waals surface area contributed by atoms with Gasteiger partial charge >= 0.3 is 0 Å². The van der Waals surface area contributed by atoms with Crippen LogP contribution in [-0.4, -0.2) is 27.7 Å². The molecule has 18 heavy (non-hydrogen) atoms. The Morgan fingerprint density at radius 2 is 2.06 bits per heavy atom. The standard InChI is InChI=1S/C12H17FN2O2S/c1-9(6-7-14)18(17)8-12(16)15-11-4-2-10(13)3-5-11/h2-5,9H,6-8,14H2,1H3,(H,15,16). The van der Waals surface area contributed by atoms with E-state index >= 15 is 0 Å². The van der Waals surface area contributed by atoms with E-state index in [4.69, 9.17) is 5.73 Å². The topological polar surface area (TPSA) is 72.2 Å². The number of anilines is 1. The summed E-state index contributed by atoms with van der Waals surface area (Å²) in [5.74, 6) is -0.782. The van der Waals surface area contributed by atoms with Crippen LogP contribution in [0, 0.1) is 5.82 Å². The summed E-state index contributed by atoms with van der Waals surface area (Å²) in [5, 5.41) is 2.46. The van der Waals surface area contributed by atoms with Gasteiger partial charge < -0.3 is 11.1 Å². The number of carbonyl (C=O) groups is 1. The van der Waals surface area contributed by atoms with Crippen molar-refractivity contribution in [3.63, 3.8) is 0 Å². The van der Waals surface area contributed by atoms with Crippen LogP contribution in [0.4, 0.5) is 10.1 Å². The molecule has 4 nitrogen and oxygen atoms in total. The van der Waals surface area contributed by atoms with Gasteiger partial charge in [-0.15, -0.1) is 0 Å². The molecule has 0 aliphatic heterocycles. The summed E-state index contributed by atoms with van der Waals surface area (Å²) in [4.78, 5) is 11.6. The molecule has 1 amide bonds. The lowest BCUT2D eigenvalue weighted by atomic mass is 10.3. The molecule has 1 aromatic rings. The Morgan fingerprint density at radius 3 is 2.61 bits per heavy atom. The van der Waals surface area contributed by atoms with E-state index in [0.717, 1.165) is 0 Å². The summed E-state index contributed by atoms with van der Waals surface area (Å²) >= 11 is 0. The Labute approximate surface area is 108 Å². The van der Waals surface area contributed by atoms with E-state index in [1.54, 1.807) is 6.92 Å². The summed E-state index contributed by atoms with van der Waals surface area (Å²) in [7, 11) is -1.24. The summed E-state index contributed by atoms with van der Waals surface area (Å²) < 4.78 is 24.4. The summed E-state index contributed by atoms with van der Waals surface area (Å²) in [6, 6.07) is 5.42. The van der Waals surface area contributed by atoms with Crippen LogP contribution < -0.4 is 11.1 Å². The van der Waals surface area contributed by atoms with E-state index in [-0.39, 0.29) is 22.7 Å². The molecule has 0 aromatic heterocycles. The minimum Gasteiger partial charge on any atom is -0.330 e. The lowest BCUT2D eigenvalue weighted by molar-refractivity contribution is -0.113. The van der Waals surface area contributed by atoms with Gasteiger partial charge in [-0.2, -0.15) is 0 Å². The van der Waals surface area contributed by atoms with Gasteiger partial charge in [-0.3, -0.25) is 9.00 Å². The zero-order chi connectivity index (χ0) is 13.5. The van der Waals surface area contributed by atoms with Crippen molar-refractivity contribution in [3.8, 4) is 0 Å². The van der Waals surface area contributed by atoms with Crippen molar-refractivity contribution in [1.82, 2.24) is 0 Å². The maximum absolute atomic E-state index is 12.7. The number of amides is 1. The molecule has 0 heterocycles. The molecule has 0 bridgehead atoms. The largest absolute Gasteiger partial charge is 0.330 e. The van der Waals surface area contributed by atoms with E-state index in [9.17, 15) is 13.4 Å². The van der Waals surface area contributed by atoms with Gasteiger partial charge in [0, 0.05) is 21.7 Å². The zero-order valence-corrected chi connectivity index (χ0v) is 11.0. The third kappa shape index (κ3) is 4.93. The Bertz CT molecular complexity index is 423. The van der Waals surface area contributed by atoms with Crippen molar-refractivity contribution in [2.45, 2.75) is 18.6 Å². The molecule has 0 saturated heterocycles. The zero-order valence-electron chi connectivity index (χ0n) is 10.2. The molecule has 0 radical (unpaired) electrons. The fourth-order valence-electron chi connectivity index (χ4n) is 1.37. The SMILES string of the molecule is CC(CCN)S(=O)CC(=O)Nc1ccc(F)cc1. The van der Waals surface area contributed by atoms with Crippen LogP contribution in [0.25, 0.3) is 0 Å². The molecule has 6 heteroatoms. The molecule has 0 spiro atoms. The van der Waals surface area contributed by atoms with Gasteiger partial charge in [-0.25, -0.2) is 4.39 Å². The molecule has 3 N–H and O–H groups in total. The van der Waals surface area contributed by atoms with Crippen molar-refractivity contribution in [2.75, 3.05) is 17.6 Å². The minimum atomic E-state index is -1.24. The van der Waals surface area contributed by atoms with E-state index in [2.05, 4.69) is 5.32 Å². The second-order valence-electron chi connectivity index (χ2n) is 3.97. The van der Waals surface area contributed by atoms with Crippen LogP contribution in [0.3, 0.4) is 0 Å². The van der Waals surface area contributed by atoms with Crippen molar-refractivity contribution in [3.05, 3.63) is 30.1 Å². The number of rotatable bonds is 6. The van der Waals surface area contributed by atoms with E-state index < -0.39 is 10.8 Å². The Kier molecular flexibility index (Phi) is 5.94. The van der Waals surface area contributed by atoms with Crippen molar-refractivity contribution < 1.29 is 13.4 Å². The molecule has 0 saturated carbocycles. The summed E-state index contributed by atoms with van der Waals surface area (Å²) in [6.45, 7) is 2.25. The second-order valence-corrected chi connectivity index (χ2v) is 5.82. The van der Waals surface area contributed by atoms with Crippen molar-refractivity contribution >= 4 is 22.4 Å². The Balaban J connectivity index is 2.46. The first-order chi connectivity index (χ1) is 8.52. The molecule has 0 fully saturated rings. The second kappa shape index (κ2) is 7.23. The average molecular weight is 272 g/mol. The van der Waals surface area contributed by atoms with Crippen molar-refractivity contribution in [2.24, 2.45) is 5.73 Å². The van der Waals surface area contributed by atoms with Gasteiger partial charge in [-0.1, -0.05) is 6.92 Å². The highest BCUT2D eigenvalue weighted by Crippen LogP contribution is 2.08. The highest BCUT2D eigenvalue weighted by atomic mass is 32.2. The van der Waals surface area contributed by atoms with Gasteiger partial charge in [0.1, 0.15) is 11.6 Å². The Morgan fingerprint density at radius 1 is 1.44 bits per heavy atom. The number of carbonyl (C=O) groups excluding carboxylic acids is 1. The summed E-state index contributed by atoms with van der Waals surface area (Å²) in [5.41, 5.74) is 5.86. The maximum Gasteiger partial charge on any atom is 0.237 e. The smallest absolute Gasteiger partial charge is 0.237 e. The fourth-order valence-corrected chi connectivity index (χ4v) is 2.38. The molecule has 0 aliphatic carbocycles. The lowest BCUT2D eigenvalue weighted by Crippen LogP contribution is -2.26. The summed E-state index contributed by atoms with van der Waals surface area (Å²) in [6.07, 6.45) is 0.621. The third-order valence-corrected chi connectivity index (χ3v) is 4.10. The van der Waals surface area contributed by atoms with E-state index in [1.807, 2.05) is 0 Å². The molecule has 1 aromatic carbocycles. The molecule has 2 unspecified atom stereocenters. The highest BCUT2D eigenvalue weighted by Gasteiger charge is 2.14. The quantitative estimate of drug-likeness (QED) is 0.818. The van der Waals surface area contributed by atoms with Gasteiger partial charge in [0.25, 0.3) is 0 Å². The number of nitrogens with one attached hydrogen (secondary N) is 1. The fraction of sp³-hybridized carbons (Fsp3) is 0.417. The van der Waals surface area contributed by atoms with Crippen molar-refractivity contribution in [1.29, 1.82) is 0 Å². The lowest BCUT2D eigenvalue weighted by Gasteiger charge is -2.10. The van der Waals surface area contributed by atoms with Crippen LogP contribution in [-0.2, 0) is 15.6 Å². The Hall–Kier alpha value is -1.27. The van der Waals surface area contributed by atoms with Crippen LogP contribution >= 0.6 is 0 Å². The molecule has 1 rings (SSSR count). The first-order valence-corrected chi connectivity index (χ1v) is 7.04. The first kappa shape index (κ1) is 14.8. The van der Waals surface area contributed by atoms with Gasteiger partial charge in [0.15, 0.2) is 0 Å².